The molecule has 2 aromatic rings. The molecule has 0 aliphatic heterocycles. The fraction of sp³-hybridized carbons (Fsp3) is 0.250. The minimum atomic E-state index is -0.234. The summed E-state index contributed by atoms with van der Waals surface area (Å²) in [6.45, 7) is 6.27. The maximum Gasteiger partial charge on any atom is 0.137 e. The minimum Gasteiger partial charge on any atom is -0.378 e. The third-order valence-corrected chi connectivity index (χ3v) is 4.03. The van der Waals surface area contributed by atoms with Gasteiger partial charge in [0.05, 0.1) is 4.47 Å². The van der Waals surface area contributed by atoms with Gasteiger partial charge >= 0.3 is 0 Å². The van der Waals surface area contributed by atoms with Crippen molar-refractivity contribution in [2.45, 2.75) is 26.8 Å². The minimum absolute atomic E-state index is 0.123. The smallest absolute Gasteiger partial charge is 0.137 e. The molecule has 0 radical (unpaired) electrons. The molecular weight excluding hydrogens is 305 g/mol. The molecule has 0 fully saturated rings. The summed E-state index contributed by atoms with van der Waals surface area (Å²) in [5.41, 5.74) is 4.68. The Labute approximate surface area is 122 Å². The van der Waals surface area contributed by atoms with Crippen LogP contribution < -0.4 is 5.32 Å². The van der Waals surface area contributed by atoms with Gasteiger partial charge in [0, 0.05) is 11.7 Å². The molecule has 1 nitrogen and oxygen atoms in total. The van der Waals surface area contributed by atoms with Crippen LogP contribution in [-0.4, -0.2) is 0 Å². The van der Waals surface area contributed by atoms with Crippen LogP contribution in [0.2, 0.25) is 0 Å². The average molecular weight is 322 g/mol. The molecule has 0 spiro atoms. The number of nitrogens with one attached hydrogen (secondary N) is 1. The van der Waals surface area contributed by atoms with E-state index in [2.05, 4.69) is 54.2 Å². The molecule has 2 aromatic carbocycles. The molecule has 0 bridgehead atoms. The van der Waals surface area contributed by atoms with E-state index in [0.717, 1.165) is 11.3 Å². The Morgan fingerprint density at radius 1 is 1.16 bits per heavy atom. The molecule has 0 heterocycles. The van der Waals surface area contributed by atoms with Gasteiger partial charge in [-0.1, -0.05) is 18.2 Å². The van der Waals surface area contributed by atoms with Gasteiger partial charge in [-0.15, -0.1) is 0 Å². The summed E-state index contributed by atoms with van der Waals surface area (Å²) in [5.74, 6) is -0.234. The normalized spacial score (nSPS) is 12.3. The zero-order valence-electron chi connectivity index (χ0n) is 11.3. The fourth-order valence-electron chi connectivity index (χ4n) is 2.01. The van der Waals surface area contributed by atoms with E-state index in [9.17, 15) is 4.39 Å². The maximum atomic E-state index is 13.2. The number of hydrogen-bond acceptors (Lipinski definition) is 1. The van der Waals surface area contributed by atoms with E-state index in [1.165, 1.54) is 17.2 Å². The second kappa shape index (κ2) is 5.74. The summed E-state index contributed by atoms with van der Waals surface area (Å²) < 4.78 is 13.7. The van der Waals surface area contributed by atoms with Crippen molar-refractivity contribution in [3.63, 3.8) is 0 Å². The van der Waals surface area contributed by atoms with Gasteiger partial charge in [-0.3, -0.25) is 0 Å². The SMILES string of the molecule is Cc1cccc(NC(C)c2ccc(F)c(Br)c2)c1C. The van der Waals surface area contributed by atoms with Crippen molar-refractivity contribution in [3.8, 4) is 0 Å². The molecule has 100 valence electrons. The first-order valence-corrected chi connectivity index (χ1v) is 7.06. The predicted octanol–water partition coefficient (Wildman–Crippen LogP) is 5.38. The lowest BCUT2D eigenvalue weighted by molar-refractivity contribution is 0.619. The molecule has 1 N–H and O–H groups in total. The first kappa shape index (κ1) is 14.1. The molecule has 0 aliphatic rings. The van der Waals surface area contributed by atoms with E-state index >= 15 is 0 Å². The summed E-state index contributed by atoms with van der Waals surface area (Å²) in [6, 6.07) is 11.4. The summed E-state index contributed by atoms with van der Waals surface area (Å²) in [7, 11) is 0. The molecule has 1 atom stereocenters. The summed E-state index contributed by atoms with van der Waals surface area (Å²) in [6.07, 6.45) is 0. The van der Waals surface area contributed by atoms with E-state index in [1.807, 2.05) is 18.2 Å². The highest BCUT2D eigenvalue weighted by atomic mass is 79.9. The molecule has 3 heteroatoms. The summed E-state index contributed by atoms with van der Waals surface area (Å²) in [4.78, 5) is 0. The van der Waals surface area contributed by atoms with Crippen LogP contribution in [0.4, 0.5) is 10.1 Å². The van der Waals surface area contributed by atoms with Gasteiger partial charge in [0.2, 0.25) is 0 Å². The predicted molar refractivity (Wildman–Crippen MR) is 82.1 cm³/mol. The first-order valence-electron chi connectivity index (χ1n) is 6.26. The van der Waals surface area contributed by atoms with Crippen LogP contribution in [0, 0.1) is 19.7 Å². The van der Waals surface area contributed by atoms with Gasteiger partial charge in [0.25, 0.3) is 0 Å². The summed E-state index contributed by atoms with van der Waals surface area (Å²) in [5, 5.41) is 3.47. The van der Waals surface area contributed by atoms with Crippen molar-refractivity contribution in [1.82, 2.24) is 0 Å². The van der Waals surface area contributed by atoms with Crippen molar-refractivity contribution in [2.75, 3.05) is 5.32 Å². The van der Waals surface area contributed by atoms with Crippen LogP contribution in [0.1, 0.15) is 29.7 Å². The largest absolute Gasteiger partial charge is 0.378 e. The van der Waals surface area contributed by atoms with Crippen LogP contribution in [-0.2, 0) is 0 Å². The van der Waals surface area contributed by atoms with Gasteiger partial charge in [-0.05, 0) is 71.6 Å². The standard InChI is InChI=1S/C16H17BrFN/c1-10-5-4-6-16(11(10)2)19-12(3)13-7-8-15(18)14(17)9-13/h4-9,12,19H,1-3H3. The van der Waals surface area contributed by atoms with Crippen LogP contribution in [0.3, 0.4) is 0 Å². The van der Waals surface area contributed by atoms with Crippen LogP contribution >= 0.6 is 15.9 Å². The Balaban J connectivity index is 2.23. The van der Waals surface area contributed by atoms with Crippen molar-refractivity contribution in [1.29, 1.82) is 0 Å². The lowest BCUT2D eigenvalue weighted by Crippen LogP contribution is -2.08. The van der Waals surface area contributed by atoms with Crippen LogP contribution in [0.25, 0.3) is 0 Å². The second-order valence-electron chi connectivity index (χ2n) is 4.79. The molecule has 1 unspecified atom stereocenters. The second-order valence-corrected chi connectivity index (χ2v) is 5.64. The quantitative estimate of drug-likeness (QED) is 0.800. The van der Waals surface area contributed by atoms with Gasteiger partial charge in [-0.25, -0.2) is 4.39 Å². The van der Waals surface area contributed by atoms with E-state index < -0.39 is 0 Å². The Morgan fingerprint density at radius 3 is 2.58 bits per heavy atom. The first-order chi connectivity index (χ1) is 8.99. The topological polar surface area (TPSA) is 12.0 Å². The van der Waals surface area contributed by atoms with Crippen molar-refractivity contribution >= 4 is 21.6 Å². The van der Waals surface area contributed by atoms with E-state index in [4.69, 9.17) is 0 Å². The molecule has 0 aromatic heterocycles. The lowest BCUT2D eigenvalue weighted by atomic mass is 10.1. The number of halogens is 2. The Morgan fingerprint density at radius 2 is 1.89 bits per heavy atom. The van der Waals surface area contributed by atoms with Crippen LogP contribution in [0.15, 0.2) is 40.9 Å². The monoisotopic (exact) mass is 321 g/mol. The molecule has 0 saturated carbocycles. The molecule has 0 amide bonds. The molecule has 19 heavy (non-hydrogen) atoms. The van der Waals surface area contributed by atoms with Gasteiger partial charge in [0.15, 0.2) is 0 Å². The highest BCUT2D eigenvalue weighted by Crippen LogP contribution is 2.26. The number of hydrogen-bond donors (Lipinski definition) is 1. The highest BCUT2D eigenvalue weighted by molar-refractivity contribution is 9.10. The number of aryl methyl sites for hydroxylation is 1. The molecule has 0 aliphatic carbocycles. The zero-order chi connectivity index (χ0) is 14.0. The highest BCUT2D eigenvalue weighted by Gasteiger charge is 2.09. The molecular formula is C16H17BrFN. The Kier molecular flexibility index (Phi) is 4.25. The molecule has 2 rings (SSSR count). The molecule has 0 saturated heterocycles. The van der Waals surface area contributed by atoms with Gasteiger partial charge in [-0.2, -0.15) is 0 Å². The van der Waals surface area contributed by atoms with Crippen molar-refractivity contribution in [3.05, 3.63) is 63.4 Å². The van der Waals surface area contributed by atoms with Crippen molar-refractivity contribution in [2.24, 2.45) is 0 Å². The van der Waals surface area contributed by atoms with E-state index in [1.54, 1.807) is 0 Å². The van der Waals surface area contributed by atoms with Gasteiger partial charge in [0.1, 0.15) is 5.82 Å². The lowest BCUT2D eigenvalue weighted by Gasteiger charge is -2.18. The maximum absolute atomic E-state index is 13.2. The van der Waals surface area contributed by atoms with E-state index in [-0.39, 0.29) is 11.9 Å². The van der Waals surface area contributed by atoms with Crippen molar-refractivity contribution < 1.29 is 4.39 Å². The zero-order valence-corrected chi connectivity index (χ0v) is 12.9. The fourth-order valence-corrected chi connectivity index (χ4v) is 2.40. The Hall–Kier alpha value is -1.35. The third-order valence-electron chi connectivity index (χ3n) is 3.42. The van der Waals surface area contributed by atoms with E-state index in [0.29, 0.717) is 4.47 Å². The average Bonchev–Trinajstić information content (AvgIpc) is 2.38. The van der Waals surface area contributed by atoms with Crippen LogP contribution in [0.5, 0.6) is 0 Å². The number of benzene rings is 2. The summed E-state index contributed by atoms with van der Waals surface area (Å²) >= 11 is 3.22. The Bertz CT molecular complexity index is 595. The third kappa shape index (κ3) is 3.16. The number of rotatable bonds is 3. The number of anilines is 1. The van der Waals surface area contributed by atoms with Gasteiger partial charge < -0.3 is 5.32 Å².